The van der Waals surface area contributed by atoms with Gasteiger partial charge in [-0.15, -0.1) is 0 Å². The van der Waals surface area contributed by atoms with Crippen molar-refractivity contribution in [2.75, 3.05) is 11.9 Å². The summed E-state index contributed by atoms with van der Waals surface area (Å²) in [6.45, 7) is 1.41. The van der Waals surface area contributed by atoms with Crippen LogP contribution in [0.1, 0.15) is 16.1 Å². The minimum absolute atomic E-state index is 0.103. The SMILES string of the molecule is Cc1ccc(C(=O)OCC(=O)Nc2ccc(O)cc2)cn1. The third kappa shape index (κ3) is 4.31. The second kappa shape index (κ2) is 6.51. The number of ether oxygens (including phenoxy) is 1. The molecule has 108 valence electrons. The normalized spacial score (nSPS) is 9.95. The summed E-state index contributed by atoms with van der Waals surface area (Å²) in [5, 5.41) is 11.7. The van der Waals surface area contributed by atoms with Gasteiger partial charge in [0.15, 0.2) is 6.61 Å². The monoisotopic (exact) mass is 286 g/mol. The Labute approximate surface area is 121 Å². The van der Waals surface area contributed by atoms with E-state index in [0.717, 1.165) is 5.69 Å². The third-order valence-corrected chi connectivity index (χ3v) is 2.63. The van der Waals surface area contributed by atoms with Crippen molar-refractivity contribution in [1.29, 1.82) is 0 Å². The van der Waals surface area contributed by atoms with Crippen LogP contribution in [0.2, 0.25) is 0 Å². The fourth-order valence-electron chi connectivity index (χ4n) is 1.54. The second-order valence-corrected chi connectivity index (χ2v) is 4.36. The van der Waals surface area contributed by atoms with Crippen LogP contribution in [0.4, 0.5) is 5.69 Å². The van der Waals surface area contributed by atoms with E-state index in [-0.39, 0.29) is 11.3 Å². The number of esters is 1. The van der Waals surface area contributed by atoms with Gasteiger partial charge in [-0.05, 0) is 43.3 Å². The lowest BCUT2D eigenvalue weighted by Gasteiger charge is -2.06. The maximum atomic E-state index is 11.7. The number of anilines is 1. The summed E-state index contributed by atoms with van der Waals surface area (Å²) in [4.78, 5) is 27.3. The first-order chi connectivity index (χ1) is 10.0. The van der Waals surface area contributed by atoms with Gasteiger partial charge < -0.3 is 15.2 Å². The van der Waals surface area contributed by atoms with Gasteiger partial charge in [0, 0.05) is 17.6 Å². The highest BCUT2D eigenvalue weighted by molar-refractivity contribution is 5.95. The number of hydrogen-bond donors (Lipinski definition) is 2. The highest BCUT2D eigenvalue weighted by Gasteiger charge is 2.10. The Morgan fingerprint density at radius 1 is 1.19 bits per heavy atom. The lowest BCUT2D eigenvalue weighted by molar-refractivity contribution is -0.119. The molecule has 0 spiro atoms. The molecule has 0 atom stereocenters. The molecule has 1 amide bonds. The number of aryl methyl sites for hydroxylation is 1. The van der Waals surface area contributed by atoms with E-state index >= 15 is 0 Å². The zero-order valence-corrected chi connectivity index (χ0v) is 11.4. The smallest absolute Gasteiger partial charge is 0.340 e. The molecule has 1 aromatic carbocycles. The van der Waals surface area contributed by atoms with E-state index in [1.165, 1.54) is 18.3 Å². The summed E-state index contributed by atoms with van der Waals surface area (Å²) in [6, 6.07) is 9.24. The van der Waals surface area contributed by atoms with Gasteiger partial charge in [-0.3, -0.25) is 9.78 Å². The number of phenols is 1. The summed E-state index contributed by atoms with van der Waals surface area (Å²) in [7, 11) is 0. The molecule has 2 rings (SSSR count). The number of nitrogens with one attached hydrogen (secondary N) is 1. The Morgan fingerprint density at radius 3 is 2.52 bits per heavy atom. The van der Waals surface area contributed by atoms with Crippen molar-refractivity contribution in [2.45, 2.75) is 6.92 Å². The van der Waals surface area contributed by atoms with Crippen LogP contribution < -0.4 is 5.32 Å². The summed E-state index contributed by atoms with van der Waals surface area (Å²) < 4.78 is 4.89. The zero-order chi connectivity index (χ0) is 15.2. The Hall–Kier alpha value is -2.89. The summed E-state index contributed by atoms with van der Waals surface area (Å²) >= 11 is 0. The number of carbonyl (C=O) groups is 2. The highest BCUT2D eigenvalue weighted by atomic mass is 16.5. The van der Waals surface area contributed by atoms with Gasteiger partial charge in [0.05, 0.1) is 5.56 Å². The largest absolute Gasteiger partial charge is 0.508 e. The predicted molar refractivity (Wildman–Crippen MR) is 76.0 cm³/mol. The Kier molecular flexibility index (Phi) is 4.50. The molecule has 0 saturated heterocycles. The molecule has 0 radical (unpaired) electrons. The van der Waals surface area contributed by atoms with Gasteiger partial charge >= 0.3 is 5.97 Å². The molecule has 6 heteroatoms. The first-order valence-electron chi connectivity index (χ1n) is 6.23. The Balaban J connectivity index is 1.84. The van der Waals surface area contributed by atoms with Crippen LogP contribution >= 0.6 is 0 Å². The number of amides is 1. The fraction of sp³-hybridized carbons (Fsp3) is 0.133. The number of rotatable bonds is 4. The van der Waals surface area contributed by atoms with Gasteiger partial charge in [-0.25, -0.2) is 4.79 Å². The summed E-state index contributed by atoms with van der Waals surface area (Å²) in [5.41, 5.74) is 1.58. The number of aromatic nitrogens is 1. The number of nitrogens with zero attached hydrogens (tertiary/aromatic N) is 1. The molecule has 21 heavy (non-hydrogen) atoms. The molecule has 0 unspecified atom stereocenters. The number of hydrogen-bond acceptors (Lipinski definition) is 5. The maximum absolute atomic E-state index is 11.7. The third-order valence-electron chi connectivity index (χ3n) is 2.63. The average Bonchev–Trinajstić information content (AvgIpc) is 2.48. The van der Waals surface area contributed by atoms with Gasteiger partial charge in [0.2, 0.25) is 0 Å². The van der Waals surface area contributed by atoms with Crippen molar-refractivity contribution >= 4 is 17.6 Å². The topological polar surface area (TPSA) is 88.5 Å². The van der Waals surface area contributed by atoms with E-state index in [4.69, 9.17) is 9.84 Å². The molecular formula is C15H14N2O4. The summed E-state index contributed by atoms with van der Waals surface area (Å²) in [5.74, 6) is -0.969. The van der Waals surface area contributed by atoms with Crippen LogP contribution in [-0.4, -0.2) is 28.6 Å². The predicted octanol–water partition coefficient (Wildman–Crippen LogP) is 1.89. The van der Waals surface area contributed by atoms with Crippen LogP contribution in [0.25, 0.3) is 0 Å². The first-order valence-corrected chi connectivity index (χ1v) is 6.23. The molecule has 0 aliphatic heterocycles. The van der Waals surface area contributed by atoms with Crippen molar-refractivity contribution in [3.63, 3.8) is 0 Å². The van der Waals surface area contributed by atoms with Crippen LogP contribution in [0.5, 0.6) is 5.75 Å². The molecule has 0 aliphatic rings. The first kappa shape index (κ1) is 14.5. The van der Waals surface area contributed by atoms with Crippen molar-refractivity contribution in [1.82, 2.24) is 4.98 Å². The van der Waals surface area contributed by atoms with E-state index in [0.29, 0.717) is 5.69 Å². The number of pyridine rings is 1. The minimum Gasteiger partial charge on any atom is -0.508 e. The second-order valence-electron chi connectivity index (χ2n) is 4.36. The van der Waals surface area contributed by atoms with E-state index in [2.05, 4.69) is 10.3 Å². The van der Waals surface area contributed by atoms with Crippen LogP contribution in [0.3, 0.4) is 0 Å². The number of aromatic hydroxyl groups is 1. The van der Waals surface area contributed by atoms with E-state index in [1.54, 1.807) is 31.2 Å². The lowest BCUT2D eigenvalue weighted by Crippen LogP contribution is -2.20. The Bertz CT molecular complexity index is 636. The molecule has 2 aromatic rings. The van der Waals surface area contributed by atoms with Crippen molar-refractivity contribution in [3.8, 4) is 5.75 Å². The Morgan fingerprint density at radius 2 is 1.90 bits per heavy atom. The molecule has 6 nitrogen and oxygen atoms in total. The molecule has 2 N–H and O–H groups in total. The quantitative estimate of drug-likeness (QED) is 0.662. The number of carbonyl (C=O) groups excluding carboxylic acids is 2. The van der Waals surface area contributed by atoms with Gasteiger partial charge in [0.25, 0.3) is 5.91 Å². The average molecular weight is 286 g/mol. The van der Waals surface area contributed by atoms with Crippen molar-refractivity contribution in [3.05, 3.63) is 53.9 Å². The fourth-order valence-corrected chi connectivity index (χ4v) is 1.54. The molecule has 0 bridgehead atoms. The molecule has 1 heterocycles. The van der Waals surface area contributed by atoms with Gasteiger partial charge in [0.1, 0.15) is 5.75 Å². The van der Waals surface area contributed by atoms with Crippen molar-refractivity contribution in [2.24, 2.45) is 0 Å². The van der Waals surface area contributed by atoms with Crippen LogP contribution in [0.15, 0.2) is 42.6 Å². The van der Waals surface area contributed by atoms with E-state index in [1.807, 2.05) is 0 Å². The number of phenolic OH excluding ortho intramolecular Hbond substituents is 1. The van der Waals surface area contributed by atoms with E-state index in [9.17, 15) is 9.59 Å². The van der Waals surface area contributed by atoms with Crippen LogP contribution in [0, 0.1) is 6.92 Å². The van der Waals surface area contributed by atoms with E-state index < -0.39 is 18.5 Å². The maximum Gasteiger partial charge on any atom is 0.340 e. The van der Waals surface area contributed by atoms with Gasteiger partial charge in [-0.2, -0.15) is 0 Å². The lowest BCUT2D eigenvalue weighted by atomic mass is 10.2. The molecule has 1 aromatic heterocycles. The van der Waals surface area contributed by atoms with Gasteiger partial charge in [-0.1, -0.05) is 0 Å². The minimum atomic E-state index is -0.608. The van der Waals surface area contributed by atoms with Crippen LogP contribution in [-0.2, 0) is 9.53 Å². The zero-order valence-electron chi connectivity index (χ0n) is 11.4. The summed E-state index contributed by atoms with van der Waals surface area (Å²) in [6.07, 6.45) is 1.40. The molecule has 0 aliphatic carbocycles. The highest BCUT2D eigenvalue weighted by Crippen LogP contribution is 2.13. The molecule has 0 saturated carbocycles. The molecule has 0 fully saturated rings. The standard InChI is InChI=1S/C15H14N2O4/c1-10-2-3-11(8-16-10)15(20)21-9-14(19)17-12-4-6-13(18)7-5-12/h2-8,18H,9H2,1H3,(H,17,19). The number of benzene rings is 1. The van der Waals surface area contributed by atoms with Crippen molar-refractivity contribution < 1.29 is 19.4 Å². The molecular weight excluding hydrogens is 272 g/mol.